The second-order valence-corrected chi connectivity index (χ2v) is 8.40. The monoisotopic (exact) mass is 465 g/mol. The molecule has 170 valence electrons. The Kier molecular flexibility index (Phi) is 4.63. The summed E-state index contributed by atoms with van der Waals surface area (Å²) in [4.78, 5) is 13.2. The number of hydrogen-bond donors (Lipinski definition) is 0. The van der Waals surface area contributed by atoms with Gasteiger partial charge in [-0.15, -0.1) is 10.2 Å². The van der Waals surface area contributed by atoms with E-state index in [0.717, 1.165) is 39.5 Å². The van der Waals surface area contributed by atoms with Crippen molar-refractivity contribution in [3.05, 3.63) is 116 Å². The lowest BCUT2D eigenvalue weighted by molar-refractivity contribution is 1.05. The molecule has 5 aromatic heterocycles. The van der Waals surface area contributed by atoms with Crippen LogP contribution in [0.25, 0.3) is 56.1 Å². The maximum atomic E-state index is 4.87. The normalized spacial score (nSPS) is 11.3. The maximum Gasteiger partial charge on any atom is 0.170 e. The number of fused-ring (bicyclic) bond motifs is 3. The van der Waals surface area contributed by atoms with Crippen molar-refractivity contribution in [3.63, 3.8) is 0 Å². The third-order valence-corrected chi connectivity index (χ3v) is 6.34. The third-order valence-electron chi connectivity index (χ3n) is 6.34. The lowest BCUT2D eigenvalue weighted by Gasteiger charge is -2.11. The predicted octanol–water partition coefficient (Wildman–Crippen LogP) is 5.88. The number of pyridine rings is 3. The third kappa shape index (κ3) is 3.18. The van der Waals surface area contributed by atoms with Crippen molar-refractivity contribution in [3.8, 4) is 34.3 Å². The summed E-state index contributed by atoms with van der Waals surface area (Å²) in [5.74, 6) is 2.28. The molecule has 0 fully saturated rings. The first kappa shape index (κ1) is 20.2. The second-order valence-electron chi connectivity index (χ2n) is 8.40. The molecular formula is C29H19N7. The van der Waals surface area contributed by atoms with Crippen molar-refractivity contribution < 1.29 is 0 Å². The van der Waals surface area contributed by atoms with E-state index in [1.807, 2.05) is 47.2 Å². The van der Waals surface area contributed by atoms with Gasteiger partial charge in [0, 0.05) is 52.9 Å². The van der Waals surface area contributed by atoms with Crippen LogP contribution in [-0.2, 0) is 0 Å². The minimum atomic E-state index is 0.703. The Balaban J connectivity index is 1.39. The summed E-state index contributed by atoms with van der Waals surface area (Å²) in [6.45, 7) is 0. The average molecular weight is 466 g/mol. The topological polar surface area (TPSA) is 74.3 Å². The van der Waals surface area contributed by atoms with Crippen LogP contribution in [0.1, 0.15) is 0 Å². The van der Waals surface area contributed by atoms with Crippen LogP contribution in [0.2, 0.25) is 0 Å². The van der Waals surface area contributed by atoms with Crippen molar-refractivity contribution in [2.75, 3.05) is 0 Å². The Morgan fingerprint density at radius 2 is 1.08 bits per heavy atom. The number of benzene rings is 2. The predicted molar refractivity (Wildman–Crippen MR) is 140 cm³/mol. The quantitative estimate of drug-likeness (QED) is 0.324. The average Bonchev–Trinajstić information content (AvgIpc) is 3.54. The van der Waals surface area contributed by atoms with E-state index in [-0.39, 0.29) is 0 Å². The van der Waals surface area contributed by atoms with Gasteiger partial charge in [-0.25, -0.2) is 4.98 Å². The fourth-order valence-electron chi connectivity index (χ4n) is 4.72. The van der Waals surface area contributed by atoms with E-state index in [0.29, 0.717) is 5.82 Å². The highest BCUT2D eigenvalue weighted by Crippen LogP contribution is 2.32. The van der Waals surface area contributed by atoms with Gasteiger partial charge < -0.3 is 0 Å². The maximum absolute atomic E-state index is 4.87. The molecule has 7 heteroatoms. The van der Waals surface area contributed by atoms with Gasteiger partial charge in [0.25, 0.3) is 0 Å². The van der Waals surface area contributed by atoms with Crippen LogP contribution in [0.3, 0.4) is 0 Å². The number of rotatable bonds is 4. The summed E-state index contributed by atoms with van der Waals surface area (Å²) in [5.41, 5.74) is 4.96. The molecule has 0 aliphatic carbocycles. The molecule has 0 saturated heterocycles. The van der Waals surface area contributed by atoms with Crippen LogP contribution < -0.4 is 0 Å². The van der Waals surface area contributed by atoms with E-state index in [2.05, 4.69) is 73.3 Å². The first-order valence-corrected chi connectivity index (χ1v) is 11.6. The van der Waals surface area contributed by atoms with E-state index in [1.165, 1.54) is 10.8 Å². The van der Waals surface area contributed by atoms with Gasteiger partial charge >= 0.3 is 0 Å². The fraction of sp³-hybridized carbons (Fsp3) is 0. The van der Waals surface area contributed by atoms with E-state index in [9.17, 15) is 0 Å². The van der Waals surface area contributed by atoms with Crippen molar-refractivity contribution in [2.45, 2.75) is 0 Å². The lowest BCUT2D eigenvalue weighted by atomic mass is 10.2. The van der Waals surface area contributed by atoms with Crippen LogP contribution in [0, 0.1) is 0 Å². The smallest absolute Gasteiger partial charge is 0.170 e. The van der Waals surface area contributed by atoms with Crippen molar-refractivity contribution >= 4 is 21.8 Å². The number of hydrogen-bond acceptors (Lipinski definition) is 5. The minimum absolute atomic E-state index is 0.703. The Morgan fingerprint density at radius 1 is 0.500 bits per heavy atom. The molecule has 0 N–H and O–H groups in total. The summed E-state index contributed by atoms with van der Waals surface area (Å²) in [6.07, 6.45) is 8.89. The Bertz CT molecular complexity index is 1770. The number of para-hydroxylation sites is 2. The second kappa shape index (κ2) is 8.25. The highest BCUT2D eigenvalue weighted by atomic mass is 15.3. The van der Waals surface area contributed by atoms with Crippen molar-refractivity contribution in [2.24, 2.45) is 0 Å². The van der Waals surface area contributed by atoms with Gasteiger partial charge in [-0.1, -0.05) is 36.4 Å². The summed E-state index contributed by atoms with van der Waals surface area (Å²) in [7, 11) is 0. The molecule has 0 amide bonds. The molecule has 2 aromatic carbocycles. The first-order chi connectivity index (χ1) is 17.9. The van der Waals surface area contributed by atoms with Gasteiger partial charge in [0.15, 0.2) is 11.6 Å². The van der Waals surface area contributed by atoms with E-state index >= 15 is 0 Å². The SMILES string of the molecule is c1ccc2c(c1)c1ccccc1n2-c1ccc(-c2nnc(-c3ccncc3)n2-c2ccncc2)cn1. The Morgan fingerprint density at radius 3 is 1.69 bits per heavy atom. The molecule has 0 saturated carbocycles. The van der Waals surface area contributed by atoms with Crippen LogP contribution in [0.15, 0.2) is 116 Å². The van der Waals surface area contributed by atoms with Crippen molar-refractivity contribution in [1.29, 1.82) is 0 Å². The zero-order valence-electron chi connectivity index (χ0n) is 19.1. The summed E-state index contributed by atoms with van der Waals surface area (Å²) in [6, 6.07) is 28.6. The van der Waals surface area contributed by atoms with Crippen molar-refractivity contribution in [1.82, 2.24) is 34.3 Å². The van der Waals surface area contributed by atoms with Crippen LogP contribution in [-0.4, -0.2) is 34.3 Å². The summed E-state index contributed by atoms with van der Waals surface area (Å²) >= 11 is 0. The molecule has 7 rings (SSSR count). The van der Waals surface area contributed by atoms with Gasteiger partial charge in [0.05, 0.1) is 16.7 Å². The largest absolute Gasteiger partial charge is 0.294 e. The summed E-state index contributed by atoms with van der Waals surface area (Å²) in [5, 5.41) is 11.5. The molecule has 0 radical (unpaired) electrons. The van der Waals surface area contributed by atoms with Crippen LogP contribution in [0.4, 0.5) is 0 Å². The van der Waals surface area contributed by atoms with Crippen LogP contribution >= 0.6 is 0 Å². The lowest BCUT2D eigenvalue weighted by Crippen LogP contribution is -2.02. The van der Waals surface area contributed by atoms with Gasteiger partial charge in [0.1, 0.15) is 5.82 Å². The highest BCUT2D eigenvalue weighted by molar-refractivity contribution is 6.09. The first-order valence-electron chi connectivity index (χ1n) is 11.6. The van der Waals surface area contributed by atoms with Crippen LogP contribution in [0.5, 0.6) is 0 Å². The molecule has 0 atom stereocenters. The molecule has 0 unspecified atom stereocenters. The molecule has 0 aliphatic heterocycles. The standard InChI is InChI=1S/C29H19N7/c1-3-7-25-23(5-1)24-6-2-4-8-26(24)36(25)27-10-9-21(19-32-27)29-34-33-28(20-11-15-30-16-12-20)35(29)22-13-17-31-18-14-22/h1-19H. The molecule has 5 heterocycles. The minimum Gasteiger partial charge on any atom is -0.294 e. The van der Waals surface area contributed by atoms with E-state index in [1.54, 1.807) is 24.8 Å². The van der Waals surface area contributed by atoms with E-state index in [4.69, 9.17) is 4.98 Å². The van der Waals surface area contributed by atoms with Gasteiger partial charge in [-0.3, -0.25) is 19.1 Å². The number of aromatic nitrogens is 7. The molecule has 0 aliphatic rings. The Hall–Kier alpha value is -5.17. The summed E-state index contributed by atoms with van der Waals surface area (Å²) < 4.78 is 4.22. The number of nitrogens with zero attached hydrogens (tertiary/aromatic N) is 7. The molecular weight excluding hydrogens is 446 g/mol. The van der Waals surface area contributed by atoms with Gasteiger partial charge in [0.2, 0.25) is 0 Å². The zero-order valence-corrected chi connectivity index (χ0v) is 19.1. The molecule has 7 aromatic rings. The highest BCUT2D eigenvalue weighted by Gasteiger charge is 2.18. The molecule has 36 heavy (non-hydrogen) atoms. The molecule has 0 spiro atoms. The van der Waals surface area contributed by atoms with Gasteiger partial charge in [-0.2, -0.15) is 0 Å². The van der Waals surface area contributed by atoms with Gasteiger partial charge in [-0.05, 0) is 48.5 Å². The zero-order chi connectivity index (χ0) is 23.9. The molecule has 0 bridgehead atoms. The Labute approximate surface area is 206 Å². The fourth-order valence-corrected chi connectivity index (χ4v) is 4.72. The molecule has 7 nitrogen and oxygen atoms in total. The van der Waals surface area contributed by atoms with E-state index < -0.39 is 0 Å².